The second-order valence-corrected chi connectivity index (χ2v) is 15.3. The Morgan fingerprint density at radius 3 is 1.65 bits per heavy atom. The molecule has 0 bridgehead atoms. The first-order chi connectivity index (χ1) is 20.4. The molecule has 1 aromatic heterocycles. The number of carbonyl (C=O) groups excluding carboxylic acids is 3. The smallest absolute Gasteiger partial charge is 0.340 e. The van der Waals surface area contributed by atoms with Gasteiger partial charge in [-0.05, 0) is 78.1 Å². The normalized spacial score (nSPS) is 12.0. The van der Waals surface area contributed by atoms with E-state index in [4.69, 9.17) is 28.4 Å². The van der Waals surface area contributed by atoms with Gasteiger partial charge in [-0.25, -0.2) is 14.4 Å². The molecule has 1 aromatic carbocycles. The number of esters is 3. The lowest BCUT2D eigenvalue weighted by atomic mass is 10.2. The molecule has 9 nitrogen and oxygen atoms in total. The summed E-state index contributed by atoms with van der Waals surface area (Å²) in [4.78, 5) is 34.4. The summed E-state index contributed by atoms with van der Waals surface area (Å²) < 4.78 is 34.3. The van der Waals surface area contributed by atoms with Crippen molar-refractivity contribution < 1.29 is 42.8 Å². The minimum Gasteiger partial charge on any atom is -0.460 e. The summed E-state index contributed by atoms with van der Waals surface area (Å²) >= 11 is 21.2. The third-order valence-corrected chi connectivity index (χ3v) is 9.46. The third kappa shape index (κ3) is 16.1. The summed E-state index contributed by atoms with van der Waals surface area (Å²) in [6, 6.07) is 7.07. The average Bonchev–Trinajstić information content (AvgIpc) is 3.49. The Hall–Kier alpha value is -0.430. The van der Waals surface area contributed by atoms with Crippen molar-refractivity contribution in [2.75, 3.05) is 61.0 Å². The highest BCUT2D eigenvalue weighted by Crippen LogP contribution is 2.34. The first kappa shape index (κ1) is 40.6. The van der Waals surface area contributed by atoms with Crippen molar-refractivity contribution >= 4 is 125 Å². The van der Waals surface area contributed by atoms with Crippen LogP contribution in [0.4, 0.5) is 0 Å². The van der Waals surface area contributed by atoms with Crippen molar-refractivity contribution in [3.8, 4) is 0 Å². The maximum Gasteiger partial charge on any atom is 0.340 e. The van der Waals surface area contributed by atoms with Gasteiger partial charge in [0, 0.05) is 45.7 Å². The molecule has 3 rings (SSSR count). The lowest BCUT2D eigenvalue weighted by molar-refractivity contribution is -0.139. The van der Waals surface area contributed by atoms with Gasteiger partial charge in [0.1, 0.15) is 19.8 Å². The van der Waals surface area contributed by atoms with Gasteiger partial charge in [-0.3, -0.25) is 0 Å². The monoisotopic (exact) mass is 1000 g/mol. The van der Waals surface area contributed by atoms with Crippen LogP contribution < -0.4 is 0 Å². The van der Waals surface area contributed by atoms with Crippen molar-refractivity contribution in [2.45, 2.75) is 6.42 Å². The zero-order chi connectivity index (χ0) is 32.4. The molecule has 1 aliphatic rings. The molecular formula is C27H28Br6O9S. The van der Waals surface area contributed by atoms with Gasteiger partial charge in [0.05, 0.1) is 44.1 Å². The lowest BCUT2D eigenvalue weighted by Gasteiger charge is -2.06. The Kier molecular flexibility index (Phi) is 21.7. The Morgan fingerprint density at radius 2 is 1.21 bits per heavy atom. The van der Waals surface area contributed by atoms with E-state index in [0.717, 1.165) is 21.0 Å². The van der Waals surface area contributed by atoms with Crippen molar-refractivity contribution in [3.05, 3.63) is 72.5 Å². The fraction of sp³-hybridized carbons (Fsp3) is 0.370. The SMILES string of the molecule is COCCOC(=O)C1=C(Br)CC(Br)=C1.COCCOC(=O)c1cc(Br)ccc1Br.COCCOC(=O)c1cc(Br)sc1Br. The summed E-state index contributed by atoms with van der Waals surface area (Å²) in [5.74, 6) is -1.01. The van der Waals surface area contributed by atoms with Gasteiger partial charge >= 0.3 is 17.9 Å². The number of allylic oxidation sites excluding steroid dienone is 2. The molecular weight excluding hydrogens is 980 g/mol. The van der Waals surface area contributed by atoms with Crippen LogP contribution in [0.5, 0.6) is 0 Å². The number of thiophene rings is 1. The van der Waals surface area contributed by atoms with Gasteiger partial charge in [-0.15, -0.1) is 11.3 Å². The Balaban J connectivity index is 0.000000323. The molecule has 0 saturated heterocycles. The molecule has 0 spiro atoms. The summed E-state index contributed by atoms with van der Waals surface area (Å²) in [7, 11) is 4.68. The predicted octanol–water partition coefficient (Wildman–Crippen LogP) is 8.60. The Labute approximate surface area is 304 Å². The number of hydrogen-bond acceptors (Lipinski definition) is 10. The Bertz CT molecular complexity index is 1280. The molecule has 0 fully saturated rings. The fourth-order valence-electron chi connectivity index (χ4n) is 2.72. The van der Waals surface area contributed by atoms with Gasteiger partial charge in [0.2, 0.25) is 0 Å². The van der Waals surface area contributed by atoms with Crippen molar-refractivity contribution in [3.63, 3.8) is 0 Å². The predicted molar refractivity (Wildman–Crippen MR) is 186 cm³/mol. The first-order valence-corrected chi connectivity index (χ1v) is 17.6. The zero-order valence-electron chi connectivity index (χ0n) is 23.2. The van der Waals surface area contributed by atoms with E-state index >= 15 is 0 Å². The number of hydrogen-bond donors (Lipinski definition) is 0. The summed E-state index contributed by atoms with van der Waals surface area (Å²) in [5.41, 5.74) is 1.62. The third-order valence-electron chi connectivity index (χ3n) is 4.72. The van der Waals surface area contributed by atoms with E-state index in [-0.39, 0.29) is 37.7 Å². The molecule has 2 aromatic rings. The average molecular weight is 1010 g/mol. The van der Waals surface area contributed by atoms with Crippen LogP contribution in [0, 0.1) is 0 Å². The second-order valence-electron chi connectivity index (χ2n) is 7.83. The number of methoxy groups -OCH3 is 3. The standard InChI is InChI=1S/C10H10Br2O3.C9H10Br2O3.C8H8Br2O3S/c1-14-4-5-15-10(13)8-6-7(11)2-3-9(8)12;1-13-2-3-14-9(12)7-4-6(10)5-8(7)11;1-12-2-3-13-8(11)5-4-6(9)14-7(5)10/h2-3,6H,4-5H2,1H3;4H,2-3,5H2,1H3;4H,2-3H2,1H3. The van der Waals surface area contributed by atoms with E-state index in [1.165, 1.54) is 11.3 Å². The van der Waals surface area contributed by atoms with Crippen LogP contribution >= 0.6 is 107 Å². The largest absolute Gasteiger partial charge is 0.460 e. The van der Waals surface area contributed by atoms with Crippen LogP contribution in [-0.4, -0.2) is 78.9 Å². The summed E-state index contributed by atoms with van der Waals surface area (Å²) in [6.45, 7) is 2.04. The second kappa shape index (κ2) is 23.0. The van der Waals surface area contributed by atoms with Crippen LogP contribution in [0.3, 0.4) is 0 Å². The van der Waals surface area contributed by atoms with E-state index in [1.54, 1.807) is 45.6 Å². The summed E-state index contributed by atoms with van der Waals surface area (Å²) in [5, 5.41) is 0. The van der Waals surface area contributed by atoms with E-state index in [0.29, 0.717) is 47.4 Å². The number of rotatable bonds is 12. The molecule has 0 amide bonds. The minimum absolute atomic E-state index is 0.258. The highest BCUT2D eigenvalue weighted by Gasteiger charge is 2.19. The van der Waals surface area contributed by atoms with Crippen LogP contribution in [0.15, 0.2) is 61.4 Å². The fourth-order valence-corrected chi connectivity index (χ4v) is 7.72. The van der Waals surface area contributed by atoms with E-state index in [9.17, 15) is 14.4 Å². The molecule has 0 radical (unpaired) electrons. The number of halogens is 6. The van der Waals surface area contributed by atoms with Crippen molar-refractivity contribution in [1.29, 1.82) is 0 Å². The zero-order valence-corrected chi connectivity index (χ0v) is 33.5. The van der Waals surface area contributed by atoms with Crippen molar-refractivity contribution in [1.82, 2.24) is 0 Å². The van der Waals surface area contributed by atoms with Crippen LogP contribution in [0.2, 0.25) is 0 Å². The van der Waals surface area contributed by atoms with Crippen molar-refractivity contribution in [2.24, 2.45) is 0 Å². The minimum atomic E-state index is -0.361. The van der Waals surface area contributed by atoms with Crippen LogP contribution in [0.1, 0.15) is 27.1 Å². The van der Waals surface area contributed by atoms with Crippen LogP contribution in [0.25, 0.3) is 0 Å². The molecule has 1 aliphatic carbocycles. The number of carbonyl (C=O) groups is 3. The van der Waals surface area contributed by atoms with Gasteiger partial charge in [-0.2, -0.15) is 0 Å². The number of ether oxygens (including phenoxy) is 6. The highest BCUT2D eigenvalue weighted by atomic mass is 79.9. The summed E-state index contributed by atoms with van der Waals surface area (Å²) in [6.07, 6.45) is 2.48. The van der Waals surface area contributed by atoms with Gasteiger partial charge in [0.25, 0.3) is 0 Å². The van der Waals surface area contributed by atoms with E-state index in [2.05, 4.69) is 95.6 Å². The molecule has 0 saturated carbocycles. The Morgan fingerprint density at radius 1 is 0.698 bits per heavy atom. The number of benzene rings is 1. The van der Waals surface area contributed by atoms with Gasteiger partial charge in [0.15, 0.2) is 0 Å². The van der Waals surface area contributed by atoms with Gasteiger partial charge in [-0.1, -0.05) is 47.8 Å². The molecule has 43 heavy (non-hydrogen) atoms. The molecule has 0 aliphatic heterocycles. The molecule has 238 valence electrons. The van der Waals surface area contributed by atoms with E-state index < -0.39 is 0 Å². The maximum atomic E-state index is 11.6. The first-order valence-electron chi connectivity index (χ1n) is 12.1. The molecule has 0 unspecified atom stereocenters. The lowest BCUT2D eigenvalue weighted by Crippen LogP contribution is -2.10. The van der Waals surface area contributed by atoms with Crippen LogP contribution in [-0.2, 0) is 33.2 Å². The topological polar surface area (TPSA) is 107 Å². The molecule has 0 N–H and O–H groups in total. The maximum absolute atomic E-state index is 11.6. The van der Waals surface area contributed by atoms with E-state index in [1.807, 2.05) is 6.07 Å². The molecule has 16 heteroatoms. The molecule has 1 heterocycles. The quantitative estimate of drug-likeness (QED) is 0.118. The van der Waals surface area contributed by atoms with Gasteiger partial charge < -0.3 is 28.4 Å². The molecule has 0 atom stereocenters. The highest BCUT2D eigenvalue weighted by molar-refractivity contribution is 9.12.